The summed E-state index contributed by atoms with van der Waals surface area (Å²) in [4.78, 5) is 0. The van der Waals surface area contributed by atoms with Crippen molar-refractivity contribution in [1.29, 1.82) is 0 Å². The Balaban J connectivity index is 2.23. The molecule has 0 heterocycles. The fourth-order valence-corrected chi connectivity index (χ4v) is 2.73. The highest BCUT2D eigenvalue weighted by Gasteiger charge is 2.23. The van der Waals surface area contributed by atoms with Gasteiger partial charge in [0.15, 0.2) is 0 Å². The highest BCUT2D eigenvalue weighted by Crippen LogP contribution is 2.30. The quantitative estimate of drug-likeness (QED) is 0.896. The summed E-state index contributed by atoms with van der Waals surface area (Å²) in [6.07, 6.45) is 0.473. The van der Waals surface area contributed by atoms with Crippen LogP contribution in [0.15, 0.2) is 46.9 Å². The van der Waals surface area contributed by atoms with Crippen molar-refractivity contribution in [3.05, 3.63) is 58.1 Å². The minimum atomic E-state index is -0.998. The lowest BCUT2D eigenvalue weighted by atomic mass is 9.89. The molecule has 0 aliphatic rings. The van der Waals surface area contributed by atoms with Gasteiger partial charge < -0.3 is 14.9 Å². The fourth-order valence-electron chi connectivity index (χ4n) is 2.14. The van der Waals surface area contributed by atoms with Crippen molar-refractivity contribution in [3.63, 3.8) is 0 Å². The van der Waals surface area contributed by atoms with Crippen LogP contribution in [0.5, 0.6) is 11.5 Å². The molecule has 3 nitrogen and oxygen atoms in total. The molecule has 106 valence electrons. The topological polar surface area (TPSA) is 49.7 Å². The average Bonchev–Trinajstić information content (AvgIpc) is 2.39. The molecule has 0 saturated carbocycles. The molecular formula is C16H17BrO3. The van der Waals surface area contributed by atoms with Crippen LogP contribution in [0, 0.1) is 0 Å². The van der Waals surface area contributed by atoms with E-state index in [1.165, 1.54) is 0 Å². The van der Waals surface area contributed by atoms with Crippen molar-refractivity contribution in [1.82, 2.24) is 0 Å². The lowest BCUT2D eigenvalue weighted by Gasteiger charge is -2.24. The van der Waals surface area contributed by atoms with Gasteiger partial charge in [-0.25, -0.2) is 0 Å². The molecule has 2 aromatic carbocycles. The first-order valence-electron chi connectivity index (χ1n) is 6.27. The Hall–Kier alpha value is -1.52. The smallest absolute Gasteiger partial charge is 0.133 e. The summed E-state index contributed by atoms with van der Waals surface area (Å²) in [6.45, 7) is 1.76. The minimum Gasteiger partial charge on any atom is -0.508 e. The number of hydrogen-bond donors (Lipinski definition) is 2. The van der Waals surface area contributed by atoms with Crippen molar-refractivity contribution in [2.75, 3.05) is 7.11 Å². The molecule has 0 aliphatic carbocycles. The van der Waals surface area contributed by atoms with Crippen LogP contribution in [-0.4, -0.2) is 17.3 Å². The number of ether oxygens (including phenoxy) is 1. The Bertz CT molecular complexity index is 591. The van der Waals surface area contributed by atoms with Gasteiger partial charge in [0.25, 0.3) is 0 Å². The van der Waals surface area contributed by atoms with Crippen LogP contribution in [0.4, 0.5) is 0 Å². The number of phenolic OH excluding ortho intramolecular Hbond substituents is 1. The van der Waals surface area contributed by atoms with E-state index >= 15 is 0 Å². The predicted octanol–water partition coefficient (Wildman–Crippen LogP) is 3.61. The van der Waals surface area contributed by atoms with E-state index in [1.54, 1.807) is 38.3 Å². The first-order chi connectivity index (χ1) is 9.42. The maximum absolute atomic E-state index is 10.6. The molecule has 2 N–H and O–H groups in total. The second kappa shape index (κ2) is 5.85. The Morgan fingerprint density at radius 1 is 1.15 bits per heavy atom. The van der Waals surface area contributed by atoms with E-state index in [-0.39, 0.29) is 5.75 Å². The molecule has 0 amide bonds. The molecule has 2 aromatic rings. The number of aliphatic hydroxyl groups is 1. The summed E-state index contributed by atoms with van der Waals surface area (Å²) in [5.74, 6) is 0.953. The highest BCUT2D eigenvalue weighted by molar-refractivity contribution is 9.10. The molecule has 0 radical (unpaired) electrons. The molecule has 2 rings (SSSR count). The van der Waals surface area contributed by atoms with Crippen LogP contribution in [0.2, 0.25) is 0 Å². The number of rotatable bonds is 4. The summed E-state index contributed by atoms with van der Waals surface area (Å²) in [6, 6.07) is 12.3. The molecule has 0 saturated heterocycles. The molecule has 0 fully saturated rings. The number of phenols is 1. The van der Waals surface area contributed by atoms with Crippen LogP contribution in [0.25, 0.3) is 0 Å². The van der Waals surface area contributed by atoms with Gasteiger partial charge in [-0.1, -0.05) is 18.2 Å². The summed E-state index contributed by atoms with van der Waals surface area (Å²) >= 11 is 3.44. The normalized spacial score (nSPS) is 13.8. The Labute approximate surface area is 127 Å². The van der Waals surface area contributed by atoms with Crippen LogP contribution in [-0.2, 0) is 12.0 Å². The molecule has 0 bridgehead atoms. The third kappa shape index (κ3) is 3.32. The molecule has 0 spiro atoms. The van der Waals surface area contributed by atoms with Gasteiger partial charge >= 0.3 is 0 Å². The Morgan fingerprint density at radius 3 is 2.35 bits per heavy atom. The molecule has 4 heteroatoms. The van der Waals surface area contributed by atoms with Crippen LogP contribution in [0.1, 0.15) is 18.1 Å². The maximum Gasteiger partial charge on any atom is 0.133 e. The average molecular weight is 337 g/mol. The summed E-state index contributed by atoms with van der Waals surface area (Å²) in [5, 5.41) is 19.9. The van der Waals surface area contributed by atoms with Gasteiger partial charge in [-0.05, 0) is 58.2 Å². The second-order valence-electron chi connectivity index (χ2n) is 4.97. The van der Waals surface area contributed by atoms with Crippen molar-refractivity contribution >= 4 is 15.9 Å². The molecule has 1 unspecified atom stereocenters. The van der Waals surface area contributed by atoms with Crippen LogP contribution < -0.4 is 4.74 Å². The lowest BCUT2D eigenvalue weighted by molar-refractivity contribution is 0.0575. The van der Waals surface area contributed by atoms with E-state index in [0.717, 1.165) is 21.3 Å². The molecule has 0 aliphatic heterocycles. The number of methoxy groups -OCH3 is 1. The number of halogens is 1. The van der Waals surface area contributed by atoms with Gasteiger partial charge in [0, 0.05) is 6.42 Å². The van der Waals surface area contributed by atoms with E-state index < -0.39 is 5.60 Å². The SMILES string of the molecule is COc1ccc(CC(C)(O)c2ccc(O)cc2)cc1Br. The van der Waals surface area contributed by atoms with Gasteiger partial charge in [-0.15, -0.1) is 0 Å². The molecular weight excluding hydrogens is 320 g/mol. The first kappa shape index (κ1) is 14.9. The van der Waals surface area contributed by atoms with Gasteiger partial charge in [0.1, 0.15) is 11.5 Å². The van der Waals surface area contributed by atoms with E-state index in [9.17, 15) is 10.2 Å². The van der Waals surface area contributed by atoms with Crippen molar-refractivity contribution in [3.8, 4) is 11.5 Å². The zero-order valence-electron chi connectivity index (χ0n) is 11.4. The predicted molar refractivity (Wildman–Crippen MR) is 82.1 cm³/mol. The highest BCUT2D eigenvalue weighted by atomic mass is 79.9. The van der Waals surface area contributed by atoms with Crippen molar-refractivity contribution in [2.45, 2.75) is 18.9 Å². The third-order valence-electron chi connectivity index (χ3n) is 3.25. The summed E-state index contributed by atoms with van der Waals surface area (Å²) in [5.41, 5.74) is 0.764. The number of hydrogen-bond acceptors (Lipinski definition) is 3. The van der Waals surface area contributed by atoms with Gasteiger partial charge in [0.05, 0.1) is 17.2 Å². The third-order valence-corrected chi connectivity index (χ3v) is 3.87. The zero-order valence-corrected chi connectivity index (χ0v) is 13.0. The van der Waals surface area contributed by atoms with Crippen LogP contribution in [0.3, 0.4) is 0 Å². The van der Waals surface area contributed by atoms with E-state index in [0.29, 0.717) is 6.42 Å². The van der Waals surface area contributed by atoms with Gasteiger partial charge in [-0.2, -0.15) is 0 Å². The largest absolute Gasteiger partial charge is 0.508 e. The van der Waals surface area contributed by atoms with E-state index in [4.69, 9.17) is 4.74 Å². The molecule has 1 atom stereocenters. The monoisotopic (exact) mass is 336 g/mol. The van der Waals surface area contributed by atoms with Crippen LogP contribution >= 0.6 is 15.9 Å². The van der Waals surface area contributed by atoms with Gasteiger partial charge in [-0.3, -0.25) is 0 Å². The number of aromatic hydroxyl groups is 1. The van der Waals surface area contributed by atoms with Crippen molar-refractivity contribution < 1.29 is 14.9 Å². The lowest BCUT2D eigenvalue weighted by Crippen LogP contribution is -2.24. The zero-order chi connectivity index (χ0) is 14.8. The summed E-state index contributed by atoms with van der Waals surface area (Å²) in [7, 11) is 1.62. The van der Waals surface area contributed by atoms with E-state index in [2.05, 4.69) is 15.9 Å². The van der Waals surface area contributed by atoms with E-state index in [1.807, 2.05) is 18.2 Å². The number of benzene rings is 2. The minimum absolute atomic E-state index is 0.191. The van der Waals surface area contributed by atoms with Gasteiger partial charge in [0.2, 0.25) is 0 Å². The standard InChI is InChI=1S/C16H17BrO3/c1-16(19,12-4-6-13(18)7-5-12)10-11-3-8-15(20-2)14(17)9-11/h3-9,18-19H,10H2,1-2H3. The second-order valence-corrected chi connectivity index (χ2v) is 5.82. The molecule has 20 heavy (non-hydrogen) atoms. The molecule has 0 aromatic heterocycles. The fraction of sp³-hybridized carbons (Fsp3) is 0.250. The Morgan fingerprint density at radius 2 is 1.80 bits per heavy atom. The Kier molecular flexibility index (Phi) is 4.35. The summed E-state index contributed by atoms with van der Waals surface area (Å²) < 4.78 is 6.05. The van der Waals surface area contributed by atoms with Crippen molar-refractivity contribution in [2.24, 2.45) is 0 Å². The maximum atomic E-state index is 10.6. The first-order valence-corrected chi connectivity index (χ1v) is 7.06.